The molecule has 1 amide bonds. The number of carbonyl (C=O) groups excluding carboxylic acids is 1. The van der Waals surface area contributed by atoms with Crippen molar-refractivity contribution in [3.8, 4) is 11.5 Å². The second-order valence-corrected chi connectivity index (χ2v) is 8.53. The minimum atomic E-state index is -0.239. The Morgan fingerprint density at radius 3 is 2.63 bits per heavy atom. The van der Waals surface area contributed by atoms with Crippen LogP contribution >= 0.6 is 27.5 Å². The number of carbonyl (C=O) groups is 1. The number of fused-ring (bicyclic) bond motifs is 1. The van der Waals surface area contributed by atoms with Crippen molar-refractivity contribution in [3.05, 3.63) is 81.3 Å². The molecule has 4 aromatic rings. The molecule has 1 heterocycles. The fourth-order valence-corrected chi connectivity index (χ4v) is 3.59. The smallest absolute Gasteiger partial charge is 0.255 e. The van der Waals surface area contributed by atoms with Crippen LogP contribution in [0.3, 0.4) is 0 Å². The summed E-state index contributed by atoms with van der Waals surface area (Å²) in [5.41, 5.74) is 4.57. The highest BCUT2D eigenvalue weighted by atomic mass is 79.9. The summed E-state index contributed by atoms with van der Waals surface area (Å²) in [4.78, 5) is 17.2. The van der Waals surface area contributed by atoms with E-state index in [2.05, 4.69) is 52.2 Å². The molecule has 1 atom stereocenters. The van der Waals surface area contributed by atoms with E-state index < -0.39 is 0 Å². The number of anilines is 1. The topological polar surface area (TPSA) is 55.1 Å². The van der Waals surface area contributed by atoms with Gasteiger partial charge in [-0.1, -0.05) is 47.4 Å². The Kier molecular flexibility index (Phi) is 5.93. The number of hydrogen-bond acceptors (Lipinski definition) is 3. The number of nitrogens with one attached hydrogen (secondary N) is 1. The normalized spacial score (nSPS) is 12.1. The largest absolute Gasteiger partial charge is 0.436 e. The molecule has 4 nitrogen and oxygen atoms in total. The number of benzene rings is 3. The van der Waals surface area contributed by atoms with Gasteiger partial charge in [-0.2, -0.15) is 0 Å². The number of aromatic nitrogens is 1. The standard InChI is InChI=1S/C24H20BrClN2O2/c1-3-14(2)16-7-11-22-21(12-16)28-24(30-22)17-6-10-19(26)20(13-17)27-23(29)15-4-8-18(25)9-5-15/h4-14H,3H2,1-2H3,(H,27,29). The predicted molar refractivity (Wildman–Crippen MR) is 125 cm³/mol. The second-order valence-electron chi connectivity index (χ2n) is 7.21. The minimum absolute atomic E-state index is 0.239. The number of nitrogens with zero attached hydrogens (tertiary/aromatic N) is 1. The molecule has 30 heavy (non-hydrogen) atoms. The van der Waals surface area contributed by atoms with Gasteiger partial charge >= 0.3 is 0 Å². The Bertz CT molecular complexity index is 1220. The minimum Gasteiger partial charge on any atom is -0.436 e. The summed E-state index contributed by atoms with van der Waals surface area (Å²) in [5, 5.41) is 3.31. The first-order valence-electron chi connectivity index (χ1n) is 9.72. The maximum Gasteiger partial charge on any atom is 0.255 e. The average molecular weight is 484 g/mol. The molecule has 6 heteroatoms. The Balaban J connectivity index is 1.64. The van der Waals surface area contributed by atoms with Gasteiger partial charge in [0.1, 0.15) is 5.52 Å². The molecule has 0 bridgehead atoms. The number of oxazole rings is 1. The second kappa shape index (κ2) is 8.62. The maximum atomic E-state index is 12.6. The van der Waals surface area contributed by atoms with Crippen LogP contribution in [0.2, 0.25) is 5.02 Å². The van der Waals surface area contributed by atoms with Gasteiger partial charge in [0.2, 0.25) is 5.89 Å². The third-order valence-electron chi connectivity index (χ3n) is 5.16. The highest BCUT2D eigenvalue weighted by Crippen LogP contribution is 2.32. The molecule has 1 N–H and O–H groups in total. The third-order valence-corrected chi connectivity index (χ3v) is 6.02. The number of amides is 1. The number of rotatable bonds is 5. The first kappa shape index (κ1) is 20.6. The summed E-state index contributed by atoms with van der Waals surface area (Å²) in [6.45, 7) is 4.36. The highest BCUT2D eigenvalue weighted by Gasteiger charge is 2.14. The van der Waals surface area contributed by atoms with Crippen molar-refractivity contribution in [2.75, 3.05) is 5.32 Å². The van der Waals surface area contributed by atoms with Gasteiger partial charge in [0.05, 0.1) is 10.7 Å². The fraction of sp³-hybridized carbons (Fsp3) is 0.167. The molecule has 0 spiro atoms. The van der Waals surface area contributed by atoms with Gasteiger partial charge in [-0.15, -0.1) is 0 Å². The molecule has 4 rings (SSSR count). The molecule has 0 aliphatic heterocycles. The molecular formula is C24H20BrClN2O2. The predicted octanol–water partition coefficient (Wildman–Crippen LogP) is 7.68. The zero-order valence-electron chi connectivity index (χ0n) is 16.6. The van der Waals surface area contributed by atoms with Gasteiger partial charge in [-0.25, -0.2) is 4.98 Å². The SMILES string of the molecule is CCC(C)c1ccc2oc(-c3ccc(Cl)c(NC(=O)c4ccc(Br)cc4)c3)nc2c1. The molecule has 0 aliphatic carbocycles. The molecular weight excluding hydrogens is 464 g/mol. The van der Waals surface area contributed by atoms with Crippen LogP contribution in [0.1, 0.15) is 42.1 Å². The Labute approximate surface area is 188 Å². The summed E-state index contributed by atoms with van der Waals surface area (Å²) in [7, 11) is 0. The van der Waals surface area contributed by atoms with Crippen LogP contribution in [0.4, 0.5) is 5.69 Å². The Morgan fingerprint density at radius 2 is 1.90 bits per heavy atom. The van der Waals surface area contributed by atoms with Crippen molar-refractivity contribution in [2.24, 2.45) is 0 Å². The number of halogens is 2. The summed E-state index contributed by atoms with van der Waals surface area (Å²) in [6.07, 6.45) is 1.06. The van der Waals surface area contributed by atoms with E-state index in [4.69, 9.17) is 16.0 Å². The van der Waals surface area contributed by atoms with Crippen LogP contribution in [0.15, 0.2) is 69.6 Å². The van der Waals surface area contributed by atoms with E-state index >= 15 is 0 Å². The quantitative estimate of drug-likeness (QED) is 0.317. The monoisotopic (exact) mass is 482 g/mol. The van der Waals surface area contributed by atoms with E-state index in [1.54, 1.807) is 24.3 Å². The van der Waals surface area contributed by atoms with E-state index in [1.807, 2.05) is 24.3 Å². The molecule has 0 radical (unpaired) electrons. The molecule has 0 aliphatic rings. The van der Waals surface area contributed by atoms with E-state index in [-0.39, 0.29) is 5.91 Å². The maximum absolute atomic E-state index is 12.6. The van der Waals surface area contributed by atoms with Crippen molar-refractivity contribution < 1.29 is 9.21 Å². The van der Waals surface area contributed by atoms with Gasteiger partial charge in [0.15, 0.2) is 5.58 Å². The van der Waals surface area contributed by atoms with Crippen LogP contribution in [0, 0.1) is 0 Å². The van der Waals surface area contributed by atoms with Crippen molar-refractivity contribution in [1.29, 1.82) is 0 Å². The van der Waals surface area contributed by atoms with Crippen molar-refractivity contribution in [3.63, 3.8) is 0 Å². The van der Waals surface area contributed by atoms with E-state index in [1.165, 1.54) is 5.56 Å². The molecule has 152 valence electrons. The third kappa shape index (κ3) is 4.27. The van der Waals surface area contributed by atoms with Gasteiger partial charge in [-0.3, -0.25) is 4.79 Å². The van der Waals surface area contributed by atoms with E-state index in [9.17, 15) is 4.79 Å². The zero-order chi connectivity index (χ0) is 21.3. The van der Waals surface area contributed by atoms with Crippen LogP contribution in [0.5, 0.6) is 0 Å². The van der Waals surface area contributed by atoms with Crippen LogP contribution in [0.25, 0.3) is 22.6 Å². The van der Waals surface area contributed by atoms with Gasteiger partial charge in [0.25, 0.3) is 5.91 Å². The van der Waals surface area contributed by atoms with E-state index in [0.717, 1.165) is 27.6 Å². The lowest BCUT2D eigenvalue weighted by atomic mass is 9.98. The molecule has 1 aromatic heterocycles. The van der Waals surface area contributed by atoms with Gasteiger partial charge < -0.3 is 9.73 Å². The summed E-state index contributed by atoms with van der Waals surface area (Å²) in [6, 6.07) is 18.6. The molecule has 0 saturated heterocycles. The lowest BCUT2D eigenvalue weighted by molar-refractivity contribution is 0.102. The first-order valence-corrected chi connectivity index (χ1v) is 10.9. The molecule has 3 aromatic carbocycles. The Morgan fingerprint density at radius 1 is 1.13 bits per heavy atom. The van der Waals surface area contributed by atoms with Crippen LogP contribution in [-0.2, 0) is 0 Å². The van der Waals surface area contributed by atoms with E-state index in [0.29, 0.717) is 28.1 Å². The summed E-state index contributed by atoms with van der Waals surface area (Å²) >= 11 is 9.69. The molecule has 0 saturated carbocycles. The van der Waals surface area contributed by atoms with Crippen molar-refractivity contribution >= 4 is 50.2 Å². The van der Waals surface area contributed by atoms with Crippen LogP contribution in [-0.4, -0.2) is 10.9 Å². The first-order chi connectivity index (χ1) is 14.4. The summed E-state index contributed by atoms with van der Waals surface area (Å²) < 4.78 is 6.86. The highest BCUT2D eigenvalue weighted by molar-refractivity contribution is 9.10. The van der Waals surface area contributed by atoms with Crippen molar-refractivity contribution in [2.45, 2.75) is 26.2 Å². The number of hydrogen-bond donors (Lipinski definition) is 1. The lowest BCUT2D eigenvalue weighted by Gasteiger charge is -2.08. The lowest BCUT2D eigenvalue weighted by Crippen LogP contribution is -2.12. The molecule has 1 unspecified atom stereocenters. The average Bonchev–Trinajstić information content (AvgIpc) is 3.18. The van der Waals surface area contributed by atoms with Gasteiger partial charge in [0, 0.05) is 15.6 Å². The zero-order valence-corrected chi connectivity index (χ0v) is 18.9. The summed E-state index contributed by atoms with van der Waals surface area (Å²) in [5.74, 6) is 0.713. The Hall–Kier alpha value is -2.63. The van der Waals surface area contributed by atoms with Crippen LogP contribution < -0.4 is 5.32 Å². The molecule has 0 fully saturated rings. The van der Waals surface area contributed by atoms with Gasteiger partial charge in [-0.05, 0) is 72.5 Å². The fourth-order valence-electron chi connectivity index (χ4n) is 3.16. The van der Waals surface area contributed by atoms with Crippen molar-refractivity contribution in [1.82, 2.24) is 4.98 Å².